The second kappa shape index (κ2) is 8.97. The molecule has 1 N–H and O–H groups in total. The van der Waals surface area contributed by atoms with E-state index in [2.05, 4.69) is 22.3 Å². The van der Waals surface area contributed by atoms with Gasteiger partial charge in [0.25, 0.3) is 5.91 Å². The van der Waals surface area contributed by atoms with E-state index in [1.165, 1.54) is 11.6 Å². The molecule has 0 saturated carbocycles. The van der Waals surface area contributed by atoms with Crippen LogP contribution in [0.4, 0.5) is 0 Å². The molecule has 1 aromatic carbocycles. The van der Waals surface area contributed by atoms with Crippen LogP contribution in [0.3, 0.4) is 0 Å². The monoisotopic (exact) mass is 369 g/mol. The molecule has 2 heterocycles. The van der Waals surface area contributed by atoms with Gasteiger partial charge in [0.15, 0.2) is 5.43 Å². The number of ether oxygens (including phenoxy) is 1. The molecule has 6 heteroatoms. The Morgan fingerprint density at radius 1 is 1.30 bits per heavy atom. The zero-order valence-corrected chi connectivity index (χ0v) is 16.0. The quantitative estimate of drug-likeness (QED) is 0.872. The van der Waals surface area contributed by atoms with Crippen molar-refractivity contribution in [3.8, 4) is 0 Å². The van der Waals surface area contributed by atoms with Gasteiger partial charge in [0.2, 0.25) is 0 Å². The van der Waals surface area contributed by atoms with E-state index in [1.54, 1.807) is 10.8 Å². The summed E-state index contributed by atoms with van der Waals surface area (Å²) in [6, 6.07) is 11.8. The van der Waals surface area contributed by atoms with Crippen molar-refractivity contribution in [2.45, 2.75) is 26.0 Å². The van der Waals surface area contributed by atoms with Crippen molar-refractivity contribution in [1.82, 2.24) is 14.8 Å². The van der Waals surface area contributed by atoms with Gasteiger partial charge in [-0.3, -0.25) is 14.5 Å². The Labute approximate surface area is 159 Å². The van der Waals surface area contributed by atoms with Crippen LogP contribution in [0.2, 0.25) is 0 Å². The Hall–Kier alpha value is -2.44. The van der Waals surface area contributed by atoms with Crippen molar-refractivity contribution in [3.05, 3.63) is 69.6 Å². The van der Waals surface area contributed by atoms with Crippen molar-refractivity contribution >= 4 is 5.91 Å². The number of benzene rings is 1. The zero-order chi connectivity index (χ0) is 19.2. The first-order chi connectivity index (χ1) is 13.0. The second-order valence-electron chi connectivity index (χ2n) is 7.08. The number of amides is 1. The molecule has 1 aliphatic rings. The number of aromatic nitrogens is 1. The molecular formula is C21H27N3O3. The third-order valence-corrected chi connectivity index (χ3v) is 4.90. The predicted octanol–water partition coefficient (Wildman–Crippen LogP) is 1.71. The smallest absolute Gasteiger partial charge is 0.256 e. The molecule has 0 aliphatic carbocycles. The number of nitrogens with one attached hydrogen (secondary N) is 1. The Kier molecular flexibility index (Phi) is 6.42. The minimum atomic E-state index is -0.349. The molecule has 0 bridgehead atoms. The lowest BCUT2D eigenvalue weighted by Crippen LogP contribution is -2.41. The van der Waals surface area contributed by atoms with Crippen LogP contribution in [0.25, 0.3) is 0 Å². The molecule has 1 atom stereocenters. The number of carbonyl (C=O) groups excluding carboxylic acids is 1. The first-order valence-corrected chi connectivity index (χ1v) is 9.36. The maximum atomic E-state index is 12.4. The van der Waals surface area contributed by atoms with Crippen LogP contribution in [0.5, 0.6) is 0 Å². The van der Waals surface area contributed by atoms with Crippen molar-refractivity contribution in [1.29, 1.82) is 0 Å². The van der Waals surface area contributed by atoms with E-state index >= 15 is 0 Å². The van der Waals surface area contributed by atoms with Crippen LogP contribution < -0.4 is 10.7 Å². The predicted molar refractivity (Wildman–Crippen MR) is 105 cm³/mol. The molecular weight excluding hydrogens is 342 g/mol. The fourth-order valence-electron chi connectivity index (χ4n) is 3.28. The van der Waals surface area contributed by atoms with Crippen molar-refractivity contribution < 1.29 is 9.53 Å². The summed E-state index contributed by atoms with van der Waals surface area (Å²) in [5.41, 5.74) is 2.00. The van der Waals surface area contributed by atoms with Crippen LogP contribution in [0.1, 0.15) is 28.0 Å². The van der Waals surface area contributed by atoms with E-state index in [0.717, 1.165) is 31.7 Å². The lowest BCUT2D eigenvalue weighted by atomic mass is 10.2. The third-order valence-electron chi connectivity index (χ3n) is 4.90. The normalized spacial score (nSPS) is 18.1. The highest BCUT2D eigenvalue weighted by Crippen LogP contribution is 2.10. The first-order valence-electron chi connectivity index (χ1n) is 9.36. The number of hydrogen-bond acceptors (Lipinski definition) is 4. The summed E-state index contributed by atoms with van der Waals surface area (Å²) in [6.07, 6.45) is 2.47. The molecule has 144 valence electrons. The van der Waals surface area contributed by atoms with Gasteiger partial charge in [0.05, 0.1) is 6.10 Å². The molecule has 0 unspecified atom stereocenters. The molecule has 1 aliphatic heterocycles. The highest BCUT2D eigenvalue weighted by molar-refractivity contribution is 5.93. The van der Waals surface area contributed by atoms with Gasteiger partial charge in [0.1, 0.15) is 5.56 Å². The average molecular weight is 369 g/mol. The molecule has 1 amide bonds. The van der Waals surface area contributed by atoms with E-state index in [-0.39, 0.29) is 23.0 Å². The Balaban J connectivity index is 1.58. The lowest BCUT2D eigenvalue weighted by Gasteiger charge is -2.24. The van der Waals surface area contributed by atoms with Crippen molar-refractivity contribution in [2.75, 3.05) is 26.2 Å². The Morgan fingerprint density at radius 3 is 2.85 bits per heavy atom. The third kappa shape index (κ3) is 5.28. The number of rotatable bonds is 5. The van der Waals surface area contributed by atoms with Crippen LogP contribution >= 0.6 is 0 Å². The number of carbonyl (C=O) groups is 1. The van der Waals surface area contributed by atoms with E-state index in [9.17, 15) is 9.59 Å². The fourth-order valence-corrected chi connectivity index (χ4v) is 3.28. The summed E-state index contributed by atoms with van der Waals surface area (Å²) < 4.78 is 7.67. The molecule has 1 fully saturated rings. The van der Waals surface area contributed by atoms with Crippen LogP contribution in [-0.4, -0.2) is 47.7 Å². The summed E-state index contributed by atoms with van der Waals surface area (Å²) in [5, 5.41) is 2.86. The Bertz CT molecular complexity index is 832. The minimum Gasteiger partial charge on any atom is -0.375 e. The van der Waals surface area contributed by atoms with E-state index < -0.39 is 0 Å². The summed E-state index contributed by atoms with van der Waals surface area (Å²) in [7, 11) is 1.82. The van der Waals surface area contributed by atoms with Crippen molar-refractivity contribution in [2.24, 2.45) is 7.05 Å². The van der Waals surface area contributed by atoms with Crippen LogP contribution in [-0.2, 0) is 18.3 Å². The molecule has 1 saturated heterocycles. The summed E-state index contributed by atoms with van der Waals surface area (Å²) in [4.78, 5) is 26.9. The topological polar surface area (TPSA) is 63.6 Å². The van der Waals surface area contributed by atoms with E-state index in [1.807, 2.05) is 32.2 Å². The summed E-state index contributed by atoms with van der Waals surface area (Å²) in [5.74, 6) is -0.349. The number of nitrogens with zero attached hydrogens (tertiary/aromatic N) is 2. The Morgan fingerprint density at radius 2 is 2.07 bits per heavy atom. The second-order valence-corrected chi connectivity index (χ2v) is 7.08. The van der Waals surface area contributed by atoms with Gasteiger partial charge in [-0.25, -0.2) is 0 Å². The standard InChI is InChI=1S/C21H27N3O3/c1-16-11-20(25)19(15-23(16)2)21(26)22-12-18-14-24(9-6-10-27-18)13-17-7-4-3-5-8-17/h3-5,7-8,11,15,18H,6,9-10,12-14H2,1-2H3,(H,22,26)/t18-/m0/s1. The maximum Gasteiger partial charge on any atom is 0.256 e. The van der Waals surface area contributed by atoms with E-state index in [0.29, 0.717) is 13.2 Å². The maximum absolute atomic E-state index is 12.4. The molecule has 3 rings (SSSR count). The van der Waals surface area contributed by atoms with Gasteiger partial charge < -0.3 is 14.6 Å². The SMILES string of the molecule is Cc1cc(=O)c(C(=O)NC[C@H]2CN(Cc3ccccc3)CCCO2)cn1C. The van der Waals surface area contributed by atoms with Gasteiger partial charge in [-0.2, -0.15) is 0 Å². The van der Waals surface area contributed by atoms with Gasteiger partial charge in [-0.15, -0.1) is 0 Å². The molecule has 2 aromatic rings. The number of pyridine rings is 1. The van der Waals surface area contributed by atoms with Gasteiger partial charge in [-0.05, 0) is 18.9 Å². The highest BCUT2D eigenvalue weighted by atomic mass is 16.5. The van der Waals surface area contributed by atoms with Gasteiger partial charge in [0, 0.05) is 57.8 Å². The number of hydrogen-bond donors (Lipinski definition) is 1. The molecule has 6 nitrogen and oxygen atoms in total. The number of aryl methyl sites for hydroxylation is 2. The zero-order valence-electron chi connectivity index (χ0n) is 16.0. The van der Waals surface area contributed by atoms with Gasteiger partial charge >= 0.3 is 0 Å². The highest BCUT2D eigenvalue weighted by Gasteiger charge is 2.20. The lowest BCUT2D eigenvalue weighted by molar-refractivity contribution is 0.0510. The largest absolute Gasteiger partial charge is 0.375 e. The fraction of sp³-hybridized carbons (Fsp3) is 0.429. The summed E-state index contributed by atoms with van der Waals surface area (Å²) >= 11 is 0. The van der Waals surface area contributed by atoms with Crippen LogP contribution in [0, 0.1) is 6.92 Å². The van der Waals surface area contributed by atoms with Crippen LogP contribution in [0.15, 0.2) is 47.4 Å². The van der Waals surface area contributed by atoms with Gasteiger partial charge in [-0.1, -0.05) is 30.3 Å². The molecule has 1 aromatic heterocycles. The minimum absolute atomic E-state index is 0.0885. The first kappa shape index (κ1) is 19.3. The van der Waals surface area contributed by atoms with Crippen molar-refractivity contribution in [3.63, 3.8) is 0 Å². The molecule has 0 radical (unpaired) electrons. The average Bonchev–Trinajstić information content (AvgIpc) is 2.88. The molecule has 0 spiro atoms. The molecule has 27 heavy (non-hydrogen) atoms. The summed E-state index contributed by atoms with van der Waals surface area (Å²) in [6.45, 7) is 5.50. The van der Waals surface area contributed by atoms with E-state index in [4.69, 9.17) is 4.74 Å².